The molecule has 2 rings (SSSR count). The van der Waals surface area contributed by atoms with Crippen molar-refractivity contribution in [3.63, 3.8) is 0 Å². The van der Waals surface area contributed by atoms with E-state index in [1.54, 1.807) is 12.1 Å². The fourth-order valence-corrected chi connectivity index (χ4v) is 2.23. The number of alkyl halides is 1. The monoisotopic (exact) mass is 268 g/mol. The van der Waals surface area contributed by atoms with Crippen LogP contribution in [-0.4, -0.2) is 15.4 Å². The van der Waals surface area contributed by atoms with Crippen LogP contribution in [-0.2, 0) is 13.0 Å². The van der Waals surface area contributed by atoms with Gasteiger partial charge in [0.2, 0.25) is 0 Å². The molecule has 0 saturated carbocycles. The van der Waals surface area contributed by atoms with E-state index in [2.05, 4.69) is 23.4 Å². The summed E-state index contributed by atoms with van der Waals surface area (Å²) >= 11 is 5.81. The van der Waals surface area contributed by atoms with Crippen LogP contribution in [0.25, 0.3) is 11.0 Å². The third kappa shape index (κ3) is 2.66. The number of benzene rings is 1. The second kappa shape index (κ2) is 5.70. The summed E-state index contributed by atoms with van der Waals surface area (Å²) in [5.74, 6) is 1.81. The first-order chi connectivity index (χ1) is 8.65. The zero-order chi connectivity index (χ0) is 13.1. The average molecular weight is 269 g/mol. The van der Waals surface area contributed by atoms with E-state index in [0.717, 1.165) is 29.8 Å². The number of aryl methyl sites for hydroxylation is 1. The fraction of sp³-hybridized carbons (Fsp3) is 0.500. The molecule has 18 heavy (non-hydrogen) atoms. The van der Waals surface area contributed by atoms with Crippen molar-refractivity contribution in [2.24, 2.45) is 5.92 Å². The highest BCUT2D eigenvalue weighted by atomic mass is 35.5. The van der Waals surface area contributed by atoms with Crippen molar-refractivity contribution in [3.05, 3.63) is 29.8 Å². The van der Waals surface area contributed by atoms with Gasteiger partial charge in [-0.25, -0.2) is 9.37 Å². The highest BCUT2D eigenvalue weighted by molar-refractivity contribution is 6.17. The first-order valence-corrected chi connectivity index (χ1v) is 6.89. The Morgan fingerprint density at radius 3 is 2.89 bits per heavy atom. The fourth-order valence-electron chi connectivity index (χ4n) is 2.07. The number of imidazole rings is 1. The predicted molar refractivity (Wildman–Crippen MR) is 73.6 cm³/mol. The van der Waals surface area contributed by atoms with Gasteiger partial charge < -0.3 is 4.57 Å². The molecule has 0 bridgehead atoms. The summed E-state index contributed by atoms with van der Waals surface area (Å²) in [6.07, 6.45) is 1.81. The minimum atomic E-state index is -0.217. The molecule has 0 aliphatic rings. The topological polar surface area (TPSA) is 17.8 Å². The van der Waals surface area contributed by atoms with Gasteiger partial charge in [-0.05, 0) is 24.1 Å². The predicted octanol–water partition coefficient (Wildman–Crippen LogP) is 4.00. The standard InChI is InChI=1S/C14H18ClFN2/c1-3-10(2)9-18-13-8-11(16)4-5-12(13)17-14(18)6-7-15/h4-5,8,10H,3,6-7,9H2,1-2H3. The van der Waals surface area contributed by atoms with Gasteiger partial charge in [0, 0.05) is 18.8 Å². The molecule has 0 fully saturated rings. The lowest BCUT2D eigenvalue weighted by molar-refractivity contribution is 0.466. The van der Waals surface area contributed by atoms with Gasteiger partial charge in [-0.2, -0.15) is 0 Å². The Morgan fingerprint density at radius 2 is 2.22 bits per heavy atom. The molecule has 2 nitrogen and oxygen atoms in total. The van der Waals surface area contributed by atoms with Crippen LogP contribution in [0.2, 0.25) is 0 Å². The Kier molecular flexibility index (Phi) is 4.23. The van der Waals surface area contributed by atoms with Crippen LogP contribution in [0.4, 0.5) is 4.39 Å². The van der Waals surface area contributed by atoms with E-state index in [-0.39, 0.29) is 5.82 Å². The summed E-state index contributed by atoms with van der Waals surface area (Å²) in [4.78, 5) is 4.54. The Hall–Kier alpha value is -1.09. The van der Waals surface area contributed by atoms with Crippen molar-refractivity contribution < 1.29 is 4.39 Å². The summed E-state index contributed by atoms with van der Waals surface area (Å²) in [5, 5.41) is 0. The molecule has 1 aromatic carbocycles. The van der Waals surface area contributed by atoms with Gasteiger partial charge in [0.05, 0.1) is 11.0 Å². The average Bonchev–Trinajstić information content (AvgIpc) is 2.68. The second-order valence-electron chi connectivity index (χ2n) is 4.72. The zero-order valence-corrected chi connectivity index (χ0v) is 11.5. The highest BCUT2D eigenvalue weighted by Crippen LogP contribution is 2.20. The molecule has 1 unspecified atom stereocenters. The first-order valence-electron chi connectivity index (χ1n) is 6.36. The van der Waals surface area contributed by atoms with Crippen LogP contribution >= 0.6 is 11.6 Å². The molecule has 2 aromatic rings. The second-order valence-corrected chi connectivity index (χ2v) is 5.10. The molecular weight excluding hydrogens is 251 g/mol. The highest BCUT2D eigenvalue weighted by Gasteiger charge is 2.12. The summed E-state index contributed by atoms with van der Waals surface area (Å²) in [6.45, 7) is 5.21. The van der Waals surface area contributed by atoms with E-state index in [1.165, 1.54) is 6.07 Å². The van der Waals surface area contributed by atoms with Crippen LogP contribution in [0.1, 0.15) is 26.1 Å². The summed E-state index contributed by atoms with van der Waals surface area (Å²) in [6, 6.07) is 4.74. The minimum Gasteiger partial charge on any atom is -0.328 e. The van der Waals surface area contributed by atoms with Crippen LogP contribution in [0, 0.1) is 11.7 Å². The quantitative estimate of drug-likeness (QED) is 0.750. The zero-order valence-electron chi connectivity index (χ0n) is 10.8. The maximum absolute atomic E-state index is 13.4. The molecule has 0 saturated heterocycles. The lowest BCUT2D eigenvalue weighted by atomic mass is 10.1. The molecule has 0 aliphatic heterocycles. The van der Waals surface area contributed by atoms with Gasteiger partial charge in [0.15, 0.2) is 0 Å². The van der Waals surface area contributed by atoms with Gasteiger partial charge in [0.1, 0.15) is 11.6 Å². The van der Waals surface area contributed by atoms with Crippen LogP contribution in [0.3, 0.4) is 0 Å². The van der Waals surface area contributed by atoms with E-state index >= 15 is 0 Å². The molecule has 1 heterocycles. The Bertz CT molecular complexity index is 536. The smallest absolute Gasteiger partial charge is 0.125 e. The normalized spacial score (nSPS) is 13.1. The van der Waals surface area contributed by atoms with Crippen molar-refractivity contribution in [1.82, 2.24) is 9.55 Å². The molecule has 0 spiro atoms. The number of hydrogen-bond donors (Lipinski definition) is 0. The lowest BCUT2D eigenvalue weighted by Crippen LogP contribution is -2.10. The number of rotatable bonds is 5. The number of nitrogens with zero attached hydrogens (tertiary/aromatic N) is 2. The van der Waals surface area contributed by atoms with Crippen molar-refractivity contribution in [2.45, 2.75) is 33.2 Å². The van der Waals surface area contributed by atoms with Gasteiger partial charge in [-0.15, -0.1) is 11.6 Å². The van der Waals surface area contributed by atoms with Crippen molar-refractivity contribution in [1.29, 1.82) is 0 Å². The Labute approximate surface area is 112 Å². The number of halogens is 2. The Morgan fingerprint density at radius 1 is 1.44 bits per heavy atom. The molecular formula is C14H18ClFN2. The summed E-state index contributed by atoms with van der Waals surface area (Å²) in [7, 11) is 0. The van der Waals surface area contributed by atoms with Gasteiger partial charge in [0.25, 0.3) is 0 Å². The lowest BCUT2D eigenvalue weighted by Gasteiger charge is -2.13. The van der Waals surface area contributed by atoms with Gasteiger partial charge in [-0.3, -0.25) is 0 Å². The van der Waals surface area contributed by atoms with E-state index < -0.39 is 0 Å². The Balaban J connectivity index is 2.49. The molecule has 1 atom stereocenters. The maximum Gasteiger partial charge on any atom is 0.125 e. The van der Waals surface area contributed by atoms with Gasteiger partial charge in [-0.1, -0.05) is 20.3 Å². The first kappa shape index (κ1) is 13.3. The molecule has 4 heteroatoms. The third-order valence-electron chi connectivity index (χ3n) is 3.30. The van der Waals surface area contributed by atoms with Crippen molar-refractivity contribution in [2.75, 3.05) is 5.88 Å². The van der Waals surface area contributed by atoms with Crippen LogP contribution in [0.15, 0.2) is 18.2 Å². The molecule has 1 aromatic heterocycles. The van der Waals surface area contributed by atoms with E-state index in [9.17, 15) is 4.39 Å². The van der Waals surface area contributed by atoms with E-state index in [1.807, 2.05) is 0 Å². The molecule has 0 amide bonds. The SMILES string of the molecule is CCC(C)Cn1c(CCCl)nc2ccc(F)cc21. The van der Waals surface area contributed by atoms with Crippen molar-refractivity contribution >= 4 is 22.6 Å². The number of fused-ring (bicyclic) bond motifs is 1. The number of aromatic nitrogens is 2. The maximum atomic E-state index is 13.4. The molecule has 0 radical (unpaired) electrons. The largest absolute Gasteiger partial charge is 0.328 e. The summed E-state index contributed by atoms with van der Waals surface area (Å²) in [5.41, 5.74) is 1.72. The molecule has 0 aliphatic carbocycles. The number of hydrogen-bond acceptors (Lipinski definition) is 1. The summed E-state index contributed by atoms with van der Waals surface area (Å²) < 4.78 is 15.5. The van der Waals surface area contributed by atoms with E-state index in [0.29, 0.717) is 18.2 Å². The van der Waals surface area contributed by atoms with Crippen molar-refractivity contribution in [3.8, 4) is 0 Å². The van der Waals surface area contributed by atoms with Crippen LogP contribution < -0.4 is 0 Å². The molecule has 98 valence electrons. The van der Waals surface area contributed by atoms with Gasteiger partial charge >= 0.3 is 0 Å². The van der Waals surface area contributed by atoms with Crippen LogP contribution in [0.5, 0.6) is 0 Å². The molecule has 0 N–H and O–H groups in total. The minimum absolute atomic E-state index is 0.217. The third-order valence-corrected chi connectivity index (χ3v) is 3.49. The van der Waals surface area contributed by atoms with E-state index in [4.69, 9.17) is 11.6 Å².